The van der Waals surface area contributed by atoms with E-state index in [-0.39, 0.29) is 0 Å². The van der Waals surface area contributed by atoms with Gasteiger partial charge in [-0.25, -0.2) is 4.98 Å². The first-order chi connectivity index (χ1) is 14.9. The molecule has 4 heterocycles. The van der Waals surface area contributed by atoms with Crippen molar-refractivity contribution in [1.82, 2.24) is 20.4 Å². The summed E-state index contributed by atoms with van der Waals surface area (Å²) in [5, 5.41) is 18.0. The molecule has 3 aromatic rings. The number of ether oxygens (including phenoxy) is 1. The Morgan fingerprint density at radius 3 is 2.57 bits per heavy atom. The summed E-state index contributed by atoms with van der Waals surface area (Å²) in [5.41, 5.74) is 3.86. The number of fused-ring (bicyclic) bond motifs is 5. The van der Waals surface area contributed by atoms with Gasteiger partial charge < -0.3 is 15.0 Å². The topological polar surface area (TPSA) is 76.1 Å². The molecule has 1 saturated heterocycles. The fraction of sp³-hybridized carbons (Fsp3) is 0.636. The van der Waals surface area contributed by atoms with Gasteiger partial charge in [0.25, 0.3) is 0 Å². The standard InChI is InChI=1S/C22H28N6OS/c1-2-6-14(7-3-1)23-20-19-18(25-27-26-20)17-15-8-4-5-9-16(15)21(24-22(17)30-19)28-10-12-29-13-11-28/h14H,1-13H2,(H,23,25,26). The zero-order valence-electron chi connectivity index (χ0n) is 17.3. The van der Waals surface area contributed by atoms with Crippen LogP contribution in [0.15, 0.2) is 0 Å². The van der Waals surface area contributed by atoms with Gasteiger partial charge in [0.1, 0.15) is 20.9 Å². The second-order valence-corrected chi connectivity index (χ2v) is 9.78. The summed E-state index contributed by atoms with van der Waals surface area (Å²) >= 11 is 1.73. The Morgan fingerprint density at radius 1 is 0.933 bits per heavy atom. The van der Waals surface area contributed by atoms with Gasteiger partial charge in [0.2, 0.25) is 0 Å². The Morgan fingerprint density at radius 2 is 1.73 bits per heavy atom. The van der Waals surface area contributed by atoms with Crippen LogP contribution < -0.4 is 10.2 Å². The molecule has 8 heteroatoms. The smallest absolute Gasteiger partial charge is 0.170 e. The molecule has 1 saturated carbocycles. The Hall–Kier alpha value is -2.06. The van der Waals surface area contributed by atoms with E-state index in [1.54, 1.807) is 11.3 Å². The molecule has 0 aromatic carbocycles. The maximum absolute atomic E-state index is 5.59. The second kappa shape index (κ2) is 7.89. The number of nitrogens with one attached hydrogen (secondary N) is 1. The zero-order chi connectivity index (χ0) is 19.9. The Kier molecular flexibility index (Phi) is 4.91. The van der Waals surface area contributed by atoms with Crippen LogP contribution in [0, 0.1) is 0 Å². The van der Waals surface area contributed by atoms with Crippen molar-refractivity contribution in [2.75, 3.05) is 36.5 Å². The largest absolute Gasteiger partial charge is 0.378 e. The molecule has 0 radical (unpaired) electrons. The van der Waals surface area contributed by atoms with Gasteiger partial charge in [-0.2, -0.15) is 0 Å². The summed E-state index contributed by atoms with van der Waals surface area (Å²) in [6.45, 7) is 3.41. The van der Waals surface area contributed by atoms with Crippen LogP contribution >= 0.6 is 11.3 Å². The molecule has 0 bridgehead atoms. The summed E-state index contributed by atoms with van der Waals surface area (Å²) in [4.78, 5) is 8.71. The summed E-state index contributed by atoms with van der Waals surface area (Å²) in [7, 11) is 0. The first-order valence-electron chi connectivity index (χ1n) is 11.4. The van der Waals surface area contributed by atoms with Crippen molar-refractivity contribution in [2.45, 2.75) is 63.8 Å². The van der Waals surface area contributed by atoms with E-state index in [4.69, 9.17) is 9.72 Å². The highest BCUT2D eigenvalue weighted by Gasteiger charge is 2.27. The van der Waals surface area contributed by atoms with E-state index in [0.29, 0.717) is 6.04 Å². The number of hydrogen-bond donors (Lipinski definition) is 1. The first kappa shape index (κ1) is 18.7. The first-order valence-corrected chi connectivity index (χ1v) is 12.3. The molecule has 3 aromatic heterocycles. The van der Waals surface area contributed by atoms with Crippen molar-refractivity contribution in [3.05, 3.63) is 11.1 Å². The molecule has 158 valence electrons. The SMILES string of the molecule is C1CCC(Nc2nnnc3c2sc2nc(N4CCOCC4)c4c(c23)CCCC4)CC1. The number of pyridine rings is 1. The van der Waals surface area contributed by atoms with Crippen LogP contribution in [0.25, 0.3) is 20.4 Å². The second-order valence-electron chi connectivity index (χ2n) is 8.78. The number of aromatic nitrogens is 4. The summed E-state index contributed by atoms with van der Waals surface area (Å²) in [6, 6.07) is 0.495. The van der Waals surface area contributed by atoms with Crippen LogP contribution in [-0.4, -0.2) is 52.7 Å². The summed E-state index contributed by atoms with van der Waals surface area (Å²) < 4.78 is 6.70. The number of rotatable bonds is 3. The molecule has 0 spiro atoms. The van der Waals surface area contributed by atoms with E-state index in [9.17, 15) is 0 Å². The third kappa shape index (κ3) is 3.21. The van der Waals surface area contributed by atoms with Crippen molar-refractivity contribution in [3.8, 4) is 0 Å². The van der Waals surface area contributed by atoms with Gasteiger partial charge >= 0.3 is 0 Å². The number of hydrogen-bond acceptors (Lipinski definition) is 8. The molecule has 2 fully saturated rings. The summed E-state index contributed by atoms with van der Waals surface area (Å²) in [5.74, 6) is 2.07. The third-order valence-electron chi connectivity index (χ3n) is 6.87. The molecule has 6 rings (SSSR count). The molecule has 3 aliphatic rings. The highest BCUT2D eigenvalue weighted by molar-refractivity contribution is 7.26. The molecule has 30 heavy (non-hydrogen) atoms. The monoisotopic (exact) mass is 424 g/mol. The van der Waals surface area contributed by atoms with Crippen molar-refractivity contribution >= 4 is 43.4 Å². The van der Waals surface area contributed by atoms with Crippen LogP contribution in [0.2, 0.25) is 0 Å². The predicted octanol–water partition coefficient (Wildman–Crippen LogP) is 4.09. The molecular weight excluding hydrogens is 396 g/mol. The lowest BCUT2D eigenvalue weighted by atomic mass is 9.90. The number of thiophene rings is 1. The quantitative estimate of drug-likeness (QED) is 0.678. The van der Waals surface area contributed by atoms with Crippen molar-refractivity contribution in [3.63, 3.8) is 0 Å². The van der Waals surface area contributed by atoms with E-state index < -0.39 is 0 Å². The molecule has 0 amide bonds. The van der Waals surface area contributed by atoms with Crippen molar-refractivity contribution < 1.29 is 4.74 Å². The average molecular weight is 425 g/mol. The molecule has 0 unspecified atom stereocenters. The minimum Gasteiger partial charge on any atom is -0.378 e. The molecule has 0 atom stereocenters. The van der Waals surface area contributed by atoms with Crippen LogP contribution in [0.3, 0.4) is 0 Å². The van der Waals surface area contributed by atoms with Gasteiger partial charge in [0, 0.05) is 24.5 Å². The van der Waals surface area contributed by atoms with E-state index in [1.165, 1.54) is 67.3 Å². The predicted molar refractivity (Wildman–Crippen MR) is 121 cm³/mol. The van der Waals surface area contributed by atoms with Gasteiger partial charge in [-0.15, -0.1) is 21.5 Å². The van der Waals surface area contributed by atoms with E-state index in [2.05, 4.69) is 25.6 Å². The maximum atomic E-state index is 5.59. The van der Waals surface area contributed by atoms with E-state index >= 15 is 0 Å². The lowest BCUT2D eigenvalue weighted by molar-refractivity contribution is 0.122. The third-order valence-corrected chi connectivity index (χ3v) is 7.95. The normalized spacial score (nSPS) is 20.6. The fourth-order valence-electron chi connectivity index (χ4n) is 5.34. The highest BCUT2D eigenvalue weighted by Crippen LogP contribution is 2.42. The number of morpholine rings is 1. The minimum absolute atomic E-state index is 0.495. The maximum Gasteiger partial charge on any atom is 0.170 e. The van der Waals surface area contributed by atoms with Gasteiger partial charge in [-0.1, -0.05) is 19.3 Å². The fourth-order valence-corrected chi connectivity index (χ4v) is 6.42. The Bertz CT molecular complexity index is 1070. The molecule has 2 aliphatic carbocycles. The van der Waals surface area contributed by atoms with Crippen molar-refractivity contribution in [2.24, 2.45) is 0 Å². The van der Waals surface area contributed by atoms with Crippen LogP contribution in [-0.2, 0) is 17.6 Å². The van der Waals surface area contributed by atoms with Crippen molar-refractivity contribution in [1.29, 1.82) is 0 Å². The lowest BCUT2D eigenvalue weighted by Crippen LogP contribution is -2.37. The Balaban J connectivity index is 1.49. The van der Waals surface area contributed by atoms with E-state index in [1.807, 2.05) is 0 Å². The van der Waals surface area contributed by atoms with Crippen LogP contribution in [0.4, 0.5) is 11.6 Å². The minimum atomic E-state index is 0.495. The molecular formula is C22H28N6OS. The Labute approximate surface area is 180 Å². The van der Waals surface area contributed by atoms with Gasteiger partial charge in [-0.05, 0) is 54.9 Å². The van der Waals surface area contributed by atoms with Crippen LogP contribution in [0.1, 0.15) is 56.1 Å². The molecule has 1 N–H and O–H groups in total. The molecule has 7 nitrogen and oxygen atoms in total. The van der Waals surface area contributed by atoms with Crippen LogP contribution in [0.5, 0.6) is 0 Å². The summed E-state index contributed by atoms with van der Waals surface area (Å²) in [6.07, 6.45) is 11.0. The lowest BCUT2D eigenvalue weighted by Gasteiger charge is -2.31. The van der Waals surface area contributed by atoms with Gasteiger partial charge in [0.15, 0.2) is 5.82 Å². The number of anilines is 2. The average Bonchev–Trinajstić information content (AvgIpc) is 3.20. The number of aryl methyl sites for hydroxylation is 1. The zero-order valence-corrected chi connectivity index (χ0v) is 18.1. The highest BCUT2D eigenvalue weighted by atomic mass is 32.1. The van der Waals surface area contributed by atoms with Gasteiger partial charge in [0.05, 0.1) is 13.2 Å². The van der Waals surface area contributed by atoms with E-state index in [0.717, 1.165) is 60.0 Å². The molecule has 1 aliphatic heterocycles. The number of nitrogens with zero attached hydrogens (tertiary/aromatic N) is 5. The van der Waals surface area contributed by atoms with Gasteiger partial charge in [-0.3, -0.25) is 0 Å².